The van der Waals surface area contributed by atoms with Gasteiger partial charge in [-0.2, -0.15) is 5.10 Å². The van der Waals surface area contributed by atoms with Crippen LogP contribution in [0.15, 0.2) is 47.8 Å². The average molecular weight is 364 g/mol. The zero-order valence-corrected chi connectivity index (χ0v) is 14.5. The molecule has 0 fully saturated rings. The molecular formula is C15H14ClN5O2S. The topological polar surface area (TPSA) is 89.8 Å². The molecule has 0 amide bonds. The normalized spacial score (nSPS) is 11.5. The summed E-state index contributed by atoms with van der Waals surface area (Å²) in [7, 11) is -2.10. The molecule has 24 heavy (non-hydrogen) atoms. The molecule has 2 aromatic heterocycles. The smallest absolute Gasteiger partial charge is 0.265 e. The van der Waals surface area contributed by atoms with E-state index in [0.29, 0.717) is 5.69 Å². The molecule has 0 saturated heterocycles. The first-order valence-corrected chi connectivity index (χ1v) is 8.82. The highest BCUT2D eigenvalue weighted by molar-refractivity contribution is 7.92. The van der Waals surface area contributed by atoms with E-state index in [2.05, 4.69) is 19.8 Å². The first kappa shape index (κ1) is 16.4. The fraction of sp³-hybridized carbons (Fsp3) is 0.133. The van der Waals surface area contributed by atoms with Crippen molar-refractivity contribution in [2.75, 3.05) is 4.72 Å². The SMILES string of the molecule is Cc1ccc(S(=O)(=O)Nc2nccc(-c3cnn(C)c3)n2)c(Cl)c1. The van der Waals surface area contributed by atoms with Gasteiger partial charge in [0.05, 0.1) is 16.9 Å². The van der Waals surface area contributed by atoms with E-state index in [0.717, 1.165) is 11.1 Å². The second-order valence-corrected chi connectivity index (χ2v) is 7.27. The zero-order chi connectivity index (χ0) is 17.3. The lowest BCUT2D eigenvalue weighted by molar-refractivity contribution is 0.601. The summed E-state index contributed by atoms with van der Waals surface area (Å²) in [5, 5.41) is 4.21. The van der Waals surface area contributed by atoms with Gasteiger partial charge in [0.1, 0.15) is 4.90 Å². The Labute approximate surface area is 144 Å². The molecule has 0 unspecified atom stereocenters. The van der Waals surface area contributed by atoms with E-state index >= 15 is 0 Å². The Bertz CT molecular complexity index is 1000. The molecule has 9 heteroatoms. The first-order chi connectivity index (χ1) is 11.3. The number of hydrogen-bond donors (Lipinski definition) is 1. The molecule has 1 aromatic carbocycles. The maximum atomic E-state index is 12.5. The number of rotatable bonds is 4. The van der Waals surface area contributed by atoms with E-state index in [9.17, 15) is 8.42 Å². The van der Waals surface area contributed by atoms with Gasteiger partial charge in [-0.1, -0.05) is 17.7 Å². The minimum Gasteiger partial charge on any atom is -0.275 e. The number of anilines is 1. The summed E-state index contributed by atoms with van der Waals surface area (Å²) in [5.41, 5.74) is 2.19. The number of benzene rings is 1. The van der Waals surface area contributed by atoms with Crippen molar-refractivity contribution in [3.63, 3.8) is 0 Å². The van der Waals surface area contributed by atoms with E-state index in [4.69, 9.17) is 11.6 Å². The number of nitrogens with one attached hydrogen (secondary N) is 1. The van der Waals surface area contributed by atoms with E-state index < -0.39 is 10.0 Å². The van der Waals surface area contributed by atoms with Crippen LogP contribution >= 0.6 is 11.6 Å². The molecule has 0 aliphatic carbocycles. The molecule has 0 radical (unpaired) electrons. The summed E-state index contributed by atoms with van der Waals surface area (Å²) in [6.45, 7) is 1.83. The van der Waals surface area contributed by atoms with Crippen LogP contribution < -0.4 is 4.72 Å². The summed E-state index contributed by atoms with van der Waals surface area (Å²) in [6, 6.07) is 6.38. The number of aryl methyl sites for hydroxylation is 2. The van der Waals surface area contributed by atoms with Gasteiger partial charge in [0.25, 0.3) is 10.0 Å². The summed E-state index contributed by atoms with van der Waals surface area (Å²) >= 11 is 6.04. The minimum atomic E-state index is -3.88. The monoisotopic (exact) mass is 363 g/mol. The Hall–Kier alpha value is -2.45. The highest BCUT2D eigenvalue weighted by atomic mass is 35.5. The maximum absolute atomic E-state index is 12.5. The summed E-state index contributed by atoms with van der Waals surface area (Å²) in [5.74, 6) is -0.0343. The number of aromatic nitrogens is 4. The number of hydrogen-bond acceptors (Lipinski definition) is 5. The van der Waals surface area contributed by atoms with Gasteiger partial charge in [0.15, 0.2) is 0 Å². The van der Waals surface area contributed by atoms with Crippen LogP contribution in [0.2, 0.25) is 5.02 Å². The molecule has 0 aliphatic rings. The van der Waals surface area contributed by atoms with Crippen LogP contribution in [0.3, 0.4) is 0 Å². The molecule has 0 atom stereocenters. The summed E-state index contributed by atoms with van der Waals surface area (Å²) < 4.78 is 29.0. The van der Waals surface area contributed by atoms with Gasteiger partial charge in [-0.3, -0.25) is 4.68 Å². The Morgan fingerprint density at radius 3 is 2.71 bits per heavy atom. The van der Waals surface area contributed by atoms with Crippen molar-refractivity contribution in [1.29, 1.82) is 0 Å². The summed E-state index contributed by atoms with van der Waals surface area (Å²) in [4.78, 5) is 8.15. The number of halogens is 1. The lowest BCUT2D eigenvalue weighted by atomic mass is 10.2. The highest BCUT2D eigenvalue weighted by Gasteiger charge is 2.19. The third-order valence-electron chi connectivity index (χ3n) is 3.26. The second-order valence-electron chi connectivity index (χ2n) is 5.21. The maximum Gasteiger partial charge on any atom is 0.265 e. The number of sulfonamides is 1. The van der Waals surface area contributed by atoms with Crippen molar-refractivity contribution in [3.05, 3.63) is 53.4 Å². The predicted molar refractivity (Wildman–Crippen MR) is 91.2 cm³/mol. The quantitative estimate of drug-likeness (QED) is 0.769. The van der Waals surface area contributed by atoms with Gasteiger partial charge in [0.2, 0.25) is 5.95 Å². The third-order valence-corrected chi connectivity index (χ3v) is 5.07. The van der Waals surface area contributed by atoms with E-state index in [-0.39, 0.29) is 15.9 Å². The predicted octanol–water partition coefficient (Wildman–Crippen LogP) is 2.64. The van der Waals surface area contributed by atoms with Crippen molar-refractivity contribution < 1.29 is 8.42 Å². The molecule has 2 heterocycles. The molecule has 3 aromatic rings. The molecule has 0 saturated carbocycles. The van der Waals surface area contributed by atoms with E-state index in [1.807, 2.05) is 6.92 Å². The fourth-order valence-corrected chi connectivity index (χ4v) is 3.67. The van der Waals surface area contributed by atoms with Gasteiger partial charge in [-0.25, -0.2) is 23.1 Å². The highest BCUT2D eigenvalue weighted by Crippen LogP contribution is 2.24. The van der Waals surface area contributed by atoms with Crippen molar-refractivity contribution in [3.8, 4) is 11.3 Å². The van der Waals surface area contributed by atoms with Gasteiger partial charge in [-0.05, 0) is 30.7 Å². The molecule has 0 spiro atoms. The molecule has 124 valence electrons. The lowest BCUT2D eigenvalue weighted by Gasteiger charge is -2.09. The van der Waals surface area contributed by atoms with Crippen LogP contribution in [0.1, 0.15) is 5.56 Å². The van der Waals surface area contributed by atoms with E-state index in [1.54, 1.807) is 42.3 Å². The Morgan fingerprint density at radius 1 is 1.25 bits per heavy atom. The first-order valence-electron chi connectivity index (χ1n) is 6.96. The largest absolute Gasteiger partial charge is 0.275 e. The van der Waals surface area contributed by atoms with E-state index in [1.165, 1.54) is 12.3 Å². The van der Waals surface area contributed by atoms with Crippen LogP contribution in [0.25, 0.3) is 11.3 Å². The van der Waals surface area contributed by atoms with Gasteiger partial charge >= 0.3 is 0 Å². The number of nitrogens with zero attached hydrogens (tertiary/aromatic N) is 4. The van der Waals surface area contributed by atoms with Gasteiger partial charge in [0, 0.05) is 25.0 Å². The third kappa shape index (κ3) is 3.39. The van der Waals surface area contributed by atoms with Crippen LogP contribution in [0, 0.1) is 6.92 Å². The molecule has 1 N–H and O–H groups in total. The second kappa shape index (κ2) is 6.21. The zero-order valence-electron chi connectivity index (χ0n) is 12.9. The lowest BCUT2D eigenvalue weighted by Crippen LogP contribution is -2.15. The van der Waals surface area contributed by atoms with Crippen LogP contribution in [0.4, 0.5) is 5.95 Å². The van der Waals surface area contributed by atoms with Gasteiger partial charge < -0.3 is 0 Å². The molecule has 3 rings (SSSR count). The fourth-order valence-electron chi connectivity index (χ4n) is 2.12. The van der Waals surface area contributed by atoms with Crippen molar-refractivity contribution in [2.24, 2.45) is 7.05 Å². The van der Waals surface area contributed by atoms with Crippen LogP contribution in [-0.2, 0) is 17.1 Å². The van der Waals surface area contributed by atoms with Crippen molar-refractivity contribution in [2.45, 2.75) is 11.8 Å². The van der Waals surface area contributed by atoms with Crippen molar-refractivity contribution in [1.82, 2.24) is 19.7 Å². The Kier molecular flexibility index (Phi) is 4.25. The van der Waals surface area contributed by atoms with Crippen LogP contribution in [0.5, 0.6) is 0 Å². The summed E-state index contributed by atoms with van der Waals surface area (Å²) in [6.07, 6.45) is 4.89. The molecule has 0 aliphatic heterocycles. The standard InChI is InChI=1S/C15H14ClN5O2S/c1-10-3-4-14(12(16)7-10)24(22,23)20-15-17-6-5-13(19-15)11-8-18-21(2)9-11/h3-9H,1-2H3,(H,17,19,20). The Balaban J connectivity index is 1.93. The van der Waals surface area contributed by atoms with Crippen molar-refractivity contribution >= 4 is 27.6 Å². The Morgan fingerprint density at radius 2 is 2.04 bits per heavy atom. The average Bonchev–Trinajstić information content (AvgIpc) is 2.93. The molecular weight excluding hydrogens is 350 g/mol. The van der Waals surface area contributed by atoms with Crippen LogP contribution in [-0.4, -0.2) is 28.2 Å². The molecule has 7 nitrogen and oxygen atoms in total. The molecule has 0 bridgehead atoms. The van der Waals surface area contributed by atoms with Gasteiger partial charge in [-0.15, -0.1) is 0 Å². The minimum absolute atomic E-state index is 0.0230.